The fraction of sp³-hybridized carbons (Fsp3) is 0.333. The number of carboxylic acid groups (broad SMARTS) is 1. The van der Waals surface area contributed by atoms with Gasteiger partial charge in [-0.1, -0.05) is 13.0 Å². The van der Waals surface area contributed by atoms with Crippen molar-refractivity contribution < 1.29 is 9.90 Å². The van der Waals surface area contributed by atoms with Gasteiger partial charge in [0.2, 0.25) is 0 Å². The van der Waals surface area contributed by atoms with Crippen molar-refractivity contribution in [1.29, 1.82) is 0 Å². The molecule has 1 aromatic carbocycles. The number of benzene rings is 1. The van der Waals surface area contributed by atoms with Crippen molar-refractivity contribution in [2.24, 2.45) is 0 Å². The average molecular weight is 290 g/mol. The Morgan fingerprint density at radius 3 is 2.85 bits per heavy atom. The molecule has 0 radical (unpaired) electrons. The Morgan fingerprint density at radius 1 is 1.40 bits per heavy atom. The lowest BCUT2D eigenvalue weighted by Gasteiger charge is -2.16. The largest absolute Gasteiger partial charge is 0.478 e. The summed E-state index contributed by atoms with van der Waals surface area (Å²) >= 11 is 1.80. The first-order valence-corrected chi connectivity index (χ1v) is 7.93. The van der Waals surface area contributed by atoms with Crippen molar-refractivity contribution in [1.82, 2.24) is 4.98 Å². The summed E-state index contributed by atoms with van der Waals surface area (Å²) in [6.45, 7) is 2.14. The molecule has 1 atom stereocenters. The van der Waals surface area contributed by atoms with Crippen molar-refractivity contribution in [3.8, 4) is 0 Å². The highest BCUT2D eigenvalue weighted by atomic mass is 32.2. The molecule has 2 rings (SSSR count). The third-order valence-electron chi connectivity index (χ3n) is 3.17. The molecule has 106 valence electrons. The fourth-order valence-corrected chi connectivity index (χ4v) is 2.82. The van der Waals surface area contributed by atoms with Crippen LogP contribution in [0.25, 0.3) is 10.9 Å². The number of fused-ring (bicyclic) bond motifs is 1. The SMILES string of the molecule is CCC(CSC)Nc1ccc2c(C(=O)O)cccc2n1. The number of nitrogens with one attached hydrogen (secondary N) is 1. The molecule has 4 nitrogen and oxygen atoms in total. The molecule has 2 N–H and O–H groups in total. The number of carbonyl (C=O) groups is 1. The van der Waals surface area contributed by atoms with Crippen molar-refractivity contribution in [3.05, 3.63) is 35.9 Å². The zero-order valence-corrected chi connectivity index (χ0v) is 12.4. The molecule has 1 heterocycles. The Balaban J connectivity index is 2.32. The fourth-order valence-electron chi connectivity index (χ4n) is 2.09. The number of aromatic nitrogens is 1. The monoisotopic (exact) mass is 290 g/mol. The molecule has 5 heteroatoms. The number of pyridine rings is 1. The van der Waals surface area contributed by atoms with Crippen molar-refractivity contribution in [3.63, 3.8) is 0 Å². The van der Waals surface area contributed by atoms with Gasteiger partial charge in [0.15, 0.2) is 0 Å². The minimum atomic E-state index is -0.924. The van der Waals surface area contributed by atoms with E-state index in [1.54, 1.807) is 23.9 Å². The highest BCUT2D eigenvalue weighted by molar-refractivity contribution is 7.98. The van der Waals surface area contributed by atoms with Gasteiger partial charge in [0.25, 0.3) is 0 Å². The van der Waals surface area contributed by atoms with Crippen LogP contribution in [-0.4, -0.2) is 34.1 Å². The lowest BCUT2D eigenvalue weighted by atomic mass is 10.1. The Hall–Kier alpha value is -1.75. The number of hydrogen-bond acceptors (Lipinski definition) is 4. The maximum absolute atomic E-state index is 11.2. The van der Waals surface area contributed by atoms with Crippen LogP contribution in [0.2, 0.25) is 0 Å². The molecule has 0 fully saturated rings. The van der Waals surface area contributed by atoms with Crippen LogP contribution < -0.4 is 5.32 Å². The maximum Gasteiger partial charge on any atom is 0.336 e. The van der Waals surface area contributed by atoms with E-state index in [-0.39, 0.29) is 5.56 Å². The minimum Gasteiger partial charge on any atom is -0.478 e. The molecule has 0 bridgehead atoms. The Morgan fingerprint density at radius 2 is 2.20 bits per heavy atom. The second-order valence-corrected chi connectivity index (χ2v) is 5.49. The summed E-state index contributed by atoms with van der Waals surface area (Å²) in [5, 5.41) is 13.2. The van der Waals surface area contributed by atoms with E-state index >= 15 is 0 Å². The molecule has 0 saturated carbocycles. The second kappa shape index (κ2) is 6.61. The molecule has 20 heavy (non-hydrogen) atoms. The van der Waals surface area contributed by atoms with Gasteiger partial charge in [-0.25, -0.2) is 9.78 Å². The molecule has 2 aromatic rings. The van der Waals surface area contributed by atoms with Crippen molar-refractivity contribution in [2.45, 2.75) is 19.4 Å². The van der Waals surface area contributed by atoms with Crippen LogP contribution in [0, 0.1) is 0 Å². The molecule has 1 aromatic heterocycles. The number of anilines is 1. The maximum atomic E-state index is 11.2. The van der Waals surface area contributed by atoms with Gasteiger partial charge in [-0.2, -0.15) is 11.8 Å². The molecule has 1 unspecified atom stereocenters. The van der Waals surface area contributed by atoms with Crippen LogP contribution in [0.5, 0.6) is 0 Å². The number of carboxylic acids is 1. The van der Waals surface area contributed by atoms with E-state index in [4.69, 9.17) is 5.11 Å². The highest BCUT2D eigenvalue weighted by Gasteiger charge is 2.10. The van der Waals surface area contributed by atoms with Gasteiger partial charge in [-0.15, -0.1) is 0 Å². The molecule has 0 aliphatic rings. The van der Waals surface area contributed by atoms with Crippen LogP contribution >= 0.6 is 11.8 Å². The topological polar surface area (TPSA) is 62.2 Å². The van der Waals surface area contributed by atoms with Gasteiger partial charge >= 0.3 is 5.97 Å². The number of aromatic carboxylic acids is 1. The van der Waals surface area contributed by atoms with Crippen molar-refractivity contribution >= 4 is 34.5 Å². The second-order valence-electron chi connectivity index (χ2n) is 4.58. The predicted molar refractivity (Wildman–Crippen MR) is 84.8 cm³/mol. The Bertz CT molecular complexity index is 616. The highest BCUT2D eigenvalue weighted by Crippen LogP contribution is 2.20. The van der Waals surface area contributed by atoms with Crippen LogP contribution in [0.1, 0.15) is 23.7 Å². The van der Waals surface area contributed by atoms with E-state index in [1.807, 2.05) is 18.2 Å². The number of hydrogen-bond donors (Lipinski definition) is 2. The lowest BCUT2D eigenvalue weighted by molar-refractivity contribution is 0.0699. The third kappa shape index (κ3) is 3.22. The van der Waals surface area contributed by atoms with Gasteiger partial charge in [-0.3, -0.25) is 0 Å². The van der Waals surface area contributed by atoms with E-state index in [9.17, 15) is 4.79 Å². The third-order valence-corrected chi connectivity index (χ3v) is 3.91. The number of rotatable bonds is 6. The molecular weight excluding hydrogens is 272 g/mol. The van der Waals surface area contributed by atoms with Gasteiger partial charge in [0.1, 0.15) is 5.82 Å². The van der Waals surface area contributed by atoms with E-state index < -0.39 is 5.97 Å². The van der Waals surface area contributed by atoms with Crippen LogP contribution in [0.4, 0.5) is 5.82 Å². The standard InChI is InChI=1S/C15H18N2O2S/c1-3-10(9-20-2)16-14-8-7-11-12(15(18)19)5-4-6-13(11)17-14/h4-8,10H,3,9H2,1-2H3,(H,16,17)(H,18,19). The van der Waals surface area contributed by atoms with Crippen molar-refractivity contribution in [2.75, 3.05) is 17.3 Å². The molecule has 0 aliphatic heterocycles. The van der Waals surface area contributed by atoms with Gasteiger partial charge in [-0.05, 0) is 36.9 Å². The summed E-state index contributed by atoms with van der Waals surface area (Å²) in [6.07, 6.45) is 3.10. The average Bonchev–Trinajstić information content (AvgIpc) is 2.45. The molecular formula is C15H18N2O2S. The predicted octanol–water partition coefficient (Wildman–Crippen LogP) is 3.49. The van der Waals surface area contributed by atoms with Gasteiger partial charge in [0.05, 0.1) is 11.1 Å². The summed E-state index contributed by atoms with van der Waals surface area (Å²) in [7, 11) is 0. The van der Waals surface area contributed by atoms with Crippen LogP contribution in [-0.2, 0) is 0 Å². The minimum absolute atomic E-state index is 0.290. The molecule has 0 amide bonds. The van der Waals surface area contributed by atoms with E-state index in [1.165, 1.54) is 0 Å². The van der Waals surface area contributed by atoms with E-state index in [0.29, 0.717) is 16.9 Å². The first-order chi connectivity index (χ1) is 9.65. The van der Waals surface area contributed by atoms with E-state index in [0.717, 1.165) is 18.0 Å². The number of thioether (sulfide) groups is 1. The van der Waals surface area contributed by atoms with Crippen LogP contribution in [0.3, 0.4) is 0 Å². The lowest BCUT2D eigenvalue weighted by Crippen LogP contribution is -2.21. The summed E-state index contributed by atoms with van der Waals surface area (Å²) in [4.78, 5) is 15.7. The summed E-state index contributed by atoms with van der Waals surface area (Å²) in [6, 6.07) is 9.20. The quantitative estimate of drug-likeness (QED) is 0.852. The van der Waals surface area contributed by atoms with Gasteiger partial charge < -0.3 is 10.4 Å². The summed E-state index contributed by atoms with van der Waals surface area (Å²) in [5.74, 6) is 0.888. The zero-order valence-electron chi connectivity index (χ0n) is 11.6. The van der Waals surface area contributed by atoms with Crippen LogP contribution in [0.15, 0.2) is 30.3 Å². The Kier molecular flexibility index (Phi) is 4.84. The van der Waals surface area contributed by atoms with E-state index in [2.05, 4.69) is 23.5 Å². The van der Waals surface area contributed by atoms with Gasteiger partial charge in [0, 0.05) is 17.2 Å². The first-order valence-electron chi connectivity index (χ1n) is 6.54. The normalized spacial score (nSPS) is 12.3. The molecule has 0 saturated heterocycles. The summed E-state index contributed by atoms with van der Waals surface area (Å²) < 4.78 is 0. The smallest absolute Gasteiger partial charge is 0.336 e. The number of nitrogens with zero attached hydrogens (tertiary/aromatic N) is 1. The first kappa shape index (κ1) is 14.7. The molecule has 0 spiro atoms. The molecule has 0 aliphatic carbocycles. The Labute approximate surface area is 122 Å². The summed E-state index contributed by atoms with van der Waals surface area (Å²) in [5.41, 5.74) is 0.992. The zero-order chi connectivity index (χ0) is 14.5.